The molecule has 2 aromatic carbocycles. The maximum absolute atomic E-state index is 13.3. The summed E-state index contributed by atoms with van der Waals surface area (Å²) in [6.45, 7) is 0.439. The number of para-hydroxylation sites is 2. The molecule has 1 saturated carbocycles. The maximum Gasteiger partial charge on any atom is 0.264 e. The molecule has 9 heteroatoms. The van der Waals surface area contributed by atoms with Crippen LogP contribution >= 0.6 is 23.4 Å². The summed E-state index contributed by atoms with van der Waals surface area (Å²) in [5, 5.41) is 4.05. The predicted molar refractivity (Wildman–Crippen MR) is 125 cm³/mol. The zero-order chi connectivity index (χ0) is 21.8. The number of amides is 1. The summed E-state index contributed by atoms with van der Waals surface area (Å²) >= 11 is 7.80. The molecule has 1 unspecified atom stereocenters. The van der Waals surface area contributed by atoms with E-state index in [1.807, 2.05) is 11.8 Å². The molecule has 166 valence electrons. The van der Waals surface area contributed by atoms with Gasteiger partial charge in [-0.1, -0.05) is 36.6 Å². The summed E-state index contributed by atoms with van der Waals surface area (Å²) in [5.74, 6) is 0.900. The van der Waals surface area contributed by atoms with Gasteiger partial charge in [-0.15, -0.1) is 0 Å². The van der Waals surface area contributed by atoms with E-state index in [1.54, 1.807) is 24.3 Å². The molecule has 2 aliphatic rings. The van der Waals surface area contributed by atoms with Crippen molar-refractivity contribution in [1.82, 2.24) is 5.32 Å². The highest BCUT2D eigenvalue weighted by Gasteiger charge is 2.37. The average molecular weight is 481 g/mol. The van der Waals surface area contributed by atoms with E-state index in [2.05, 4.69) is 5.32 Å². The minimum atomic E-state index is -3.88. The van der Waals surface area contributed by atoms with E-state index in [9.17, 15) is 13.2 Å². The Morgan fingerprint density at radius 3 is 2.58 bits per heavy atom. The molecule has 0 saturated heterocycles. The monoisotopic (exact) mass is 480 g/mol. The van der Waals surface area contributed by atoms with Crippen LogP contribution in [-0.2, 0) is 14.8 Å². The predicted octanol–water partition coefficient (Wildman–Crippen LogP) is 4.09. The maximum atomic E-state index is 13.3. The third kappa shape index (κ3) is 5.13. The first-order valence-corrected chi connectivity index (χ1v) is 13.2. The molecule has 0 spiro atoms. The van der Waals surface area contributed by atoms with Gasteiger partial charge in [-0.2, -0.15) is 11.8 Å². The smallest absolute Gasteiger partial charge is 0.264 e. The second-order valence-corrected chi connectivity index (χ2v) is 11.3. The molecule has 2 aromatic rings. The van der Waals surface area contributed by atoms with Crippen molar-refractivity contribution in [2.24, 2.45) is 0 Å². The normalized spacial score (nSPS) is 19.0. The molecule has 0 bridgehead atoms. The van der Waals surface area contributed by atoms with Crippen LogP contribution in [0.2, 0.25) is 5.02 Å². The van der Waals surface area contributed by atoms with E-state index < -0.39 is 16.1 Å². The number of ether oxygens (including phenoxy) is 1. The van der Waals surface area contributed by atoms with E-state index in [0.29, 0.717) is 28.3 Å². The minimum absolute atomic E-state index is 0.0937. The molecule has 1 amide bonds. The lowest BCUT2D eigenvalue weighted by Crippen LogP contribution is -2.51. The van der Waals surface area contributed by atoms with Crippen LogP contribution in [0, 0.1) is 0 Å². The van der Waals surface area contributed by atoms with Gasteiger partial charge >= 0.3 is 0 Å². The number of fused-ring (bicyclic) bond motifs is 1. The number of nitrogens with one attached hydrogen (secondary N) is 1. The third-order valence-corrected chi connectivity index (χ3v) is 8.91. The van der Waals surface area contributed by atoms with Gasteiger partial charge < -0.3 is 10.1 Å². The van der Waals surface area contributed by atoms with Gasteiger partial charge in [-0.25, -0.2) is 8.42 Å². The molecule has 1 heterocycles. The zero-order valence-electron chi connectivity index (χ0n) is 17.0. The highest BCUT2D eigenvalue weighted by molar-refractivity contribution is 7.99. The number of benzene rings is 2. The third-order valence-electron chi connectivity index (χ3n) is 5.49. The SMILES string of the molecule is O=C(NCCSC1CCCC1)C1CN(S(=O)(=O)c2ccc(Cl)cc2)c2ccccc2O1. The number of halogens is 1. The van der Waals surface area contributed by atoms with Crippen molar-refractivity contribution in [1.29, 1.82) is 0 Å². The standard InChI is InChI=1S/C22H25ClN2O4S2/c23-16-9-11-18(12-10-16)31(27,28)25-15-21(29-20-8-4-3-7-19(20)25)22(26)24-13-14-30-17-5-1-2-6-17/h3-4,7-12,17,21H,1-2,5-6,13-15H2,(H,24,26). The van der Waals surface area contributed by atoms with Gasteiger partial charge in [0, 0.05) is 22.6 Å². The van der Waals surface area contributed by atoms with E-state index in [-0.39, 0.29) is 17.3 Å². The highest BCUT2D eigenvalue weighted by atomic mass is 35.5. The van der Waals surface area contributed by atoms with Crippen molar-refractivity contribution in [3.8, 4) is 5.75 Å². The van der Waals surface area contributed by atoms with E-state index in [4.69, 9.17) is 16.3 Å². The van der Waals surface area contributed by atoms with Gasteiger partial charge in [0.25, 0.3) is 15.9 Å². The fraction of sp³-hybridized carbons (Fsp3) is 0.409. The molecule has 0 radical (unpaired) electrons. The van der Waals surface area contributed by atoms with Crippen molar-refractivity contribution in [3.63, 3.8) is 0 Å². The molecular formula is C22H25ClN2O4S2. The molecule has 0 aromatic heterocycles. The molecule has 1 aliphatic carbocycles. The number of rotatable bonds is 7. The minimum Gasteiger partial charge on any atom is -0.476 e. The number of anilines is 1. The van der Waals surface area contributed by atoms with Crippen molar-refractivity contribution in [3.05, 3.63) is 53.6 Å². The van der Waals surface area contributed by atoms with Crippen LogP contribution in [0.5, 0.6) is 5.75 Å². The fourth-order valence-electron chi connectivity index (χ4n) is 3.87. The molecule has 6 nitrogen and oxygen atoms in total. The summed E-state index contributed by atoms with van der Waals surface area (Å²) in [4.78, 5) is 12.9. The Hall–Kier alpha value is -1.90. The summed E-state index contributed by atoms with van der Waals surface area (Å²) in [7, 11) is -3.88. The quantitative estimate of drug-likeness (QED) is 0.604. The molecule has 31 heavy (non-hydrogen) atoms. The molecule has 1 fully saturated rings. The molecule has 4 rings (SSSR count). The van der Waals surface area contributed by atoms with Gasteiger partial charge in [0.15, 0.2) is 6.10 Å². The summed E-state index contributed by atoms with van der Waals surface area (Å²) in [6, 6.07) is 12.8. The largest absolute Gasteiger partial charge is 0.476 e. The van der Waals surface area contributed by atoms with Crippen molar-refractivity contribution in [2.75, 3.05) is 23.1 Å². The van der Waals surface area contributed by atoms with Gasteiger partial charge in [0.05, 0.1) is 17.1 Å². The molecular weight excluding hydrogens is 456 g/mol. The number of sulfonamides is 1. The Labute approximate surface area is 192 Å². The number of nitrogens with zero attached hydrogens (tertiary/aromatic N) is 1. The lowest BCUT2D eigenvalue weighted by Gasteiger charge is -2.34. The Bertz CT molecular complexity index is 1020. The van der Waals surface area contributed by atoms with Crippen LogP contribution in [0.3, 0.4) is 0 Å². The van der Waals surface area contributed by atoms with Crippen molar-refractivity contribution >= 4 is 45.0 Å². The number of hydrogen-bond donors (Lipinski definition) is 1. The average Bonchev–Trinajstić information content (AvgIpc) is 3.29. The van der Waals surface area contributed by atoms with E-state index in [1.165, 1.54) is 54.3 Å². The number of thioether (sulfide) groups is 1. The van der Waals surface area contributed by atoms with E-state index in [0.717, 1.165) is 5.75 Å². The number of carbonyl (C=O) groups excluding carboxylic acids is 1. The highest BCUT2D eigenvalue weighted by Crippen LogP contribution is 2.37. The summed E-state index contributed by atoms with van der Waals surface area (Å²) in [6.07, 6.45) is 4.15. The van der Waals surface area contributed by atoms with Crippen molar-refractivity contribution in [2.45, 2.75) is 41.9 Å². The fourth-order valence-corrected chi connectivity index (χ4v) is 6.69. The lowest BCUT2D eigenvalue weighted by molar-refractivity contribution is -0.127. The lowest BCUT2D eigenvalue weighted by atomic mass is 10.2. The summed E-state index contributed by atoms with van der Waals surface area (Å²) < 4.78 is 33.8. The number of carbonyl (C=O) groups is 1. The van der Waals surface area contributed by atoms with Gasteiger partial charge in [-0.3, -0.25) is 9.10 Å². The second-order valence-electron chi connectivity index (χ2n) is 7.63. The Morgan fingerprint density at radius 1 is 1.13 bits per heavy atom. The van der Waals surface area contributed by atoms with Gasteiger partial charge in [-0.05, 0) is 49.2 Å². The Balaban J connectivity index is 1.47. The van der Waals surface area contributed by atoms with Crippen LogP contribution in [0.15, 0.2) is 53.4 Å². The first-order chi connectivity index (χ1) is 14.9. The zero-order valence-corrected chi connectivity index (χ0v) is 19.4. The van der Waals surface area contributed by atoms with Crippen LogP contribution in [-0.4, -0.2) is 44.5 Å². The van der Waals surface area contributed by atoms with E-state index >= 15 is 0 Å². The summed E-state index contributed by atoms with van der Waals surface area (Å²) in [5.41, 5.74) is 0.415. The first-order valence-electron chi connectivity index (χ1n) is 10.4. The number of hydrogen-bond acceptors (Lipinski definition) is 5. The second kappa shape index (κ2) is 9.71. The van der Waals surface area contributed by atoms with Crippen LogP contribution in [0.1, 0.15) is 25.7 Å². The van der Waals surface area contributed by atoms with Gasteiger partial charge in [0.1, 0.15) is 5.75 Å². The van der Waals surface area contributed by atoms with Crippen LogP contribution < -0.4 is 14.4 Å². The Morgan fingerprint density at radius 2 is 1.84 bits per heavy atom. The molecule has 1 atom stereocenters. The van der Waals surface area contributed by atoms with Crippen molar-refractivity contribution < 1.29 is 17.9 Å². The van der Waals surface area contributed by atoms with Crippen LogP contribution in [0.4, 0.5) is 5.69 Å². The topological polar surface area (TPSA) is 75.7 Å². The van der Waals surface area contributed by atoms with Gasteiger partial charge in [0.2, 0.25) is 0 Å². The molecule has 1 aliphatic heterocycles. The Kier molecular flexibility index (Phi) is 6.99. The first kappa shape index (κ1) is 22.3. The molecule has 1 N–H and O–H groups in total. The van der Waals surface area contributed by atoms with Crippen LogP contribution in [0.25, 0.3) is 0 Å².